The number of hydrogen-bond donors (Lipinski definition) is 2. The van der Waals surface area contributed by atoms with Crippen molar-refractivity contribution in [2.75, 3.05) is 13.2 Å². The molecule has 108 valence electrons. The van der Waals surface area contributed by atoms with Gasteiger partial charge in [-0.15, -0.1) is 0 Å². The highest BCUT2D eigenvalue weighted by atomic mass is 16.4. The predicted octanol–water partition coefficient (Wildman–Crippen LogP) is 1.39. The summed E-state index contributed by atoms with van der Waals surface area (Å²) in [5.74, 6) is -0.783. The Morgan fingerprint density at radius 1 is 1.16 bits per heavy atom. The number of nitrogens with zero attached hydrogens (tertiary/aromatic N) is 1. The minimum Gasteiger partial charge on any atom is -0.481 e. The molecule has 1 aliphatic heterocycles. The Bertz CT molecular complexity index is 349. The summed E-state index contributed by atoms with van der Waals surface area (Å²) in [5.41, 5.74) is -0.342. The average Bonchev–Trinajstić information content (AvgIpc) is 2.96. The van der Waals surface area contributed by atoms with Crippen LogP contribution in [0.3, 0.4) is 0 Å². The number of rotatable bonds is 5. The van der Waals surface area contributed by atoms with Crippen molar-refractivity contribution in [2.24, 2.45) is 5.41 Å². The molecule has 0 aromatic rings. The van der Waals surface area contributed by atoms with E-state index in [0.29, 0.717) is 13.0 Å². The van der Waals surface area contributed by atoms with Gasteiger partial charge in [0.1, 0.15) is 0 Å². The lowest BCUT2D eigenvalue weighted by molar-refractivity contribution is -0.141. The van der Waals surface area contributed by atoms with Crippen molar-refractivity contribution in [2.45, 2.75) is 57.4 Å². The van der Waals surface area contributed by atoms with Gasteiger partial charge in [0.2, 0.25) is 5.91 Å². The molecule has 1 unspecified atom stereocenters. The molecule has 1 heterocycles. The maximum absolute atomic E-state index is 12.4. The summed E-state index contributed by atoms with van der Waals surface area (Å²) in [6, 6.07) is -0.0595. The maximum atomic E-state index is 12.4. The molecule has 5 heteroatoms. The van der Waals surface area contributed by atoms with Gasteiger partial charge in [-0.3, -0.25) is 9.59 Å². The Balaban J connectivity index is 2.01. The highest BCUT2D eigenvalue weighted by molar-refractivity contribution is 5.79. The van der Waals surface area contributed by atoms with Gasteiger partial charge in [0.15, 0.2) is 0 Å². The molecular weight excluding hydrogens is 246 g/mol. The number of carbonyl (C=O) groups excluding carboxylic acids is 1. The number of carboxylic acid groups (broad SMARTS) is 1. The molecule has 1 amide bonds. The zero-order chi connectivity index (χ0) is 13.9. The first-order valence-electron chi connectivity index (χ1n) is 7.18. The Hall–Kier alpha value is -1.10. The van der Waals surface area contributed by atoms with Gasteiger partial charge in [-0.1, -0.05) is 12.8 Å². The summed E-state index contributed by atoms with van der Waals surface area (Å²) in [7, 11) is 0. The standard InChI is InChI=1S/C14H23NO4/c16-10-11-4-3-7-15(11)12(17)8-14(9-13(18)19)5-1-2-6-14/h11,16H,1-10H2,(H,18,19). The molecule has 0 radical (unpaired) electrons. The second-order valence-corrected chi connectivity index (χ2v) is 6.02. The number of aliphatic hydroxyl groups is 1. The fourth-order valence-corrected chi connectivity index (χ4v) is 3.64. The quantitative estimate of drug-likeness (QED) is 0.790. The number of carbonyl (C=O) groups is 2. The van der Waals surface area contributed by atoms with E-state index in [0.717, 1.165) is 38.5 Å². The van der Waals surface area contributed by atoms with Crippen LogP contribution in [0.2, 0.25) is 0 Å². The van der Waals surface area contributed by atoms with Gasteiger partial charge in [0.05, 0.1) is 19.1 Å². The van der Waals surface area contributed by atoms with Gasteiger partial charge >= 0.3 is 5.97 Å². The van der Waals surface area contributed by atoms with Crippen molar-refractivity contribution in [3.63, 3.8) is 0 Å². The largest absolute Gasteiger partial charge is 0.481 e. The highest BCUT2D eigenvalue weighted by Crippen LogP contribution is 2.44. The van der Waals surface area contributed by atoms with E-state index in [2.05, 4.69) is 0 Å². The van der Waals surface area contributed by atoms with Gasteiger partial charge in [-0.05, 0) is 31.1 Å². The number of likely N-dealkylation sites (tertiary alicyclic amines) is 1. The smallest absolute Gasteiger partial charge is 0.303 e. The van der Waals surface area contributed by atoms with E-state index in [1.54, 1.807) is 4.90 Å². The van der Waals surface area contributed by atoms with Crippen molar-refractivity contribution in [1.29, 1.82) is 0 Å². The van der Waals surface area contributed by atoms with Gasteiger partial charge < -0.3 is 15.1 Å². The van der Waals surface area contributed by atoms with Crippen molar-refractivity contribution in [3.05, 3.63) is 0 Å². The molecule has 0 spiro atoms. The molecular formula is C14H23NO4. The Morgan fingerprint density at radius 3 is 2.42 bits per heavy atom. The summed E-state index contributed by atoms with van der Waals surface area (Å²) in [6.07, 6.45) is 5.92. The lowest BCUT2D eigenvalue weighted by atomic mass is 9.79. The third kappa shape index (κ3) is 3.26. The van der Waals surface area contributed by atoms with Crippen LogP contribution in [0.25, 0.3) is 0 Å². The molecule has 0 aromatic heterocycles. The van der Waals surface area contributed by atoms with E-state index >= 15 is 0 Å². The van der Waals surface area contributed by atoms with Crippen LogP contribution in [0.15, 0.2) is 0 Å². The first-order valence-corrected chi connectivity index (χ1v) is 7.18. The first kappa shape index (κ1) is 14.3. The van der Waals surface area contributed by atoms with Crippen LogP contribution in [-0.4, -0.2) is 46.2 Å². The number of hydrogen-bond acceptors (Lipinski definition) is 3. The summed E-state index contributed by atoms with van der Waals surface area (Å²) in [5, 5.41) is 18.3. The van der Waals surface area contributed by atoms with Crippen LogP contribution in [0.4, 0.5) is 0 Å². The molecule has 2 N–H and O–H groups in total. The Kier molecular flexibility index (Phi) is 4.45. The minimum absolute atomic E-state index is 0.0116. The lowest BCUT2D eigenvalue weighted by Crippen LogP contribution is -2.40. The van der Waals surface area contributed by atoms with E-state index in [4.69, 9.17) is 5.11 Å². The van der Waals surface area contributed by atoms with Crippen molar-refractivity contribution < 1.29 is 19.8 Å². The molecule has 2 fully saturated rings. The summed E-state index contributed by atoms with van der Waals surface area (Å²) in [4.78, 5) is 25.1. The SMILES string of the molecule is O=C(O)CC1(CC(=O)N2CCCC2CO)CCCC1. The summed E-state index contributed by atoms with van der Waals surface area (Å²) < 4.78 is 0. The van der Waals surface area contributed by atoms with E-state index in [1.807, 2.05) is 0 Å². The summed E-state index contributed by atoms with van der Waals surface area (Å²) >= 11 is 0. The van der Waals surface area contributed by atoms with Crippen molar-refractivity contribution in [3.8, 4) is 0 Å². The minimum atomic E-state index is -0.810. The number of amides is 1. The molecule has 1 saturated heterocycles. The summed E-state index contributed by atoms with van der Waals surface area (Å²) in [6.45, 7) is 0.713. The third-order valence-electron chi connectivity index (χ3n) is 4.62. The van der Waals surface area contributed by atoms with Crippen molar-refractivity contribution in [1.82, 2.24) is 4.90 Å². The molecule has 2 aliphatic rings. The van der Waals surface area contributed by atoms with E-state index in [-0.39, 0.29) is 30.4 Å². The van der Waals surface area contributed by atoms with Crippen LogP contribution < -0.4 is 0 Å². The zero-order valence-corrected chi connectivity index (χ0v) is 11.3. The molecule has 0 bridgehead atoms. The zero-order valence-electron chi connectivity index (χ0n) is 11.3. The highest BCUT2D eigenvalue weighted by Gasteiger charge is 2.40. The number of carboxylic acids is 1. The predicted molar refractivity (Wildman–Crippen MR) is 69.6 cm³/mol. The maximum Gasteiger partial charge on any atom is 0.303 e. The molecule has 0 aromatic carbocycles. The van der Waals surface area contributed by atoms with Crippen molar-refractivity contribution >= 4 is 11.9 Å². The molecule has 19 heavy (non-hydrogen) atoms. The molecule has 1 atom stereocenters. The number of aliphatic hydroxyl groups excluding tert-OH is 1. The second kappa shape index (κ2) is 5.90. The van der Waals surface area contributed by atoms with E-state index in [1.165, 1.54) is 0 Å². The van der Waals surface area contributed by atoms with Crippen LogP contribution in [0.1, 0.15) is 51.4 Å². The molecule has 1 saturated carbocycles. The third-order valence-corrected chi connectivity index (χ3v) is 4.62. The van der Waals surface area contributed by atoms with Crippen LogP contribution >= 0.6 is 0 Å². The lowest BCUT2D eigenvalue weighted by Gasteiger charge is -2.31. The van der Waals surface area contributed by atoms with Crippen LogP contribution in [-0.2, 0) is 9.59 Å². The van der Waals surface area contributed by atoms with E-state index in [9.17, 15) is 14.7 Å². The van der Waals surface area contributed by atoms with Gasteiger partial charge in [-0.25, -0.2) is 0 Å². The van der Waals surface area contributed by atoms with Gasteiger partial charge in [0, 0.05) is 13.0 Å². The Labute approximate surface area is 113 Å². The molecule has 1 aliphatic carbocycles. The number of aliphatic carboxylic acids is 1. The molecule has 5 nitrogen and oxygen atoms in total. The van der Waals surface area contributed by atoms with Crippen LogP contribution in [0.5, 0.6) is 0 Å². The van der Waals surface area contributed by atoms with Crippen LogP contribution in [0, 0.1) is 5.41 Å². The topological polar surface area (TPSA) is 77.8 Å². The normalized spacial score (nSPS) is 25.7. The second-order valence-electron chi connectivity index (χ2n) is 6.02. The average molecular weight is 269 g/mol. The molecule has 2 rings (SSSR count). The monoisotopic (exact) mass is 269 g/mol. The fourth-order valence-electron chi connectivity index (χ4n) is 3.64. The van der Waals surface area contributed by atoms with Gasteiger partial charge in [0.25, 0.3) is 0 Å². The fraction of sp³-hybridized carbons (Fsp3) is 0.857. The van der Waals surface area contributed by atoms with Gasteiger partial charge in [-0.2, -0.15) is 0 Å². The van der Waals surface area contributed by atoms with E-state index < -0.39 is 5.97 Å². The first-order chi connectivity index (χ1) is 9.06. The Morgan fingerprint density at radius 2 is 1.84 bits per heavy atom.